The Morgan fingerprint density at radius 3 is 2.95 bits per heavy atom. The second-order valence-corrected chi connectivity index (χ2v) is 10.9. The Hall–Kier alpha value is -3.28. The van der Waals surface area contributed by atoms with Gasteiger partial charge in [0.15, 0.2) is 0 Å². The van der Waals surface area contributed by atoms with E-state index in [1.165, 1.54) is 11.8 Å². The van der Waals surface area contributed by atoms with E-state index in [0.29, 0.717) is 46.9 Å². The molecule has 40 heavy (non-hydrogen) atoms. The fraction of sp³-hybridized carbons (Fsp3) is 0.517. The van der Waals surface area contributed by atoms with Crippen LogP contribution in [0.3, 0.4) is 0 Å². The number of guanidine groups is 1. The molecular weight excluding hydrogens is 514 g/mol. The summed E-state index contributed by atoms with van der Waals surface area (Å²) in [6.45, 7) is 14.4. The lowest BCUT2D eigenvalue weighted by atomic mass is 10.00. The first kappa shape index (κ1) is 28.3. The Morgan fingerprint density at radius 2 is 2.23 bits per heavy atom. The van der Waals surface area contributed by atoms with Crippen molar-refractivity contribution in [3.8, 4) is 0 Å². The van der Waals surface area contributed by atoms with Crippen molar-refractivity contribution in [3.05, 3.63) is 65.5 Å². The molecule has 5 rings (SSSR count). The molecule has 2 fully saturated rings. The molecule has 4 aliphatic heterocycles. The number of aromatic nitrogens is 1. The van der Waals surface area contributed by atoms with Gasteiger partial charge in [-0.1, -0.05) is 12.7 Å². The molecule has 0 spiro atoms. The van der Waals surface area contributed by atoms with Gasteiger partial charge in [-0.15, -0.1) is 0 Å². The van der Waals surface area contributed by atoms with Crippen molar-refractivity contribution in [2.75, 3.05) is 51.3 Å². The first-order chi connectivity index (χ1) is 19.4. The monoisotopic (exact) mass is 554 g/mol. The van der Waals surface area contributed by atoms with Crippen LogP contribution >= 0.6 is 0 Å². The first-order valence-corrected chi connectivity index (χ1v) is 14.0. The van der Waals surface area contributed by atoms with Crippen LogP contribution in [0.25, 0.3) is 5.57 Å². The van der Waals surface area contributed by atoms with E-state index in [2.05, 4.69) is 47.6 Å². The quantitative estimate of drug-likeness (QED) is 0.365. The number of likely N-dealkylation sites (tertiary alicyclic amines) is 1. The largest absolute Gasteiger partial charge is 0.374 e. The molecular formula is C29H40F2N8O. The van der Waals surface area contributed by atoms with Gasteiger partial charge in [0.1, 0.15) is 18.3 Å². The third-order valence-corrected chi connectivity index (χ3v) is 7.77. The highest BCUT2D eigenvalue weighted by atomic mass is 19.1. The van der Waals surface area contributed by atoms with Crippen molar-refractivity contribution in [1.29, 1.82) is 0 Å². The van der Waals surface area contributed by atoms with Gasteiger partial charge in [0, 0.05) is 56.6 Å². The lowest BCUT2D eigenvalue weighted by Gasteiger charge is -2.41. The van der Waals surface area contributed by atoms with Gasteiger partial charge < -0.3 is 30.9 Å². The van der Waals surface area contributed by atoms with Gasteiger partial charge in [-0.25, -0.2) is 18.8 Å². The van der Waals surface area contributed by atoms with Gasteiger partial charge in [-0.05, 0) is 50.5 Å². The number of pyridine rings is 1. The number of fused-ring (bicyclic) bond motifs is 1. The number of nitrogens with zero attached hydrogens (tertiary/aromatic N) is 4. The van der Waals surface area contributed by atoms with Crippen molar-refractivity contribution in [2.24, 2.45) is 4.99 Å². The predicted molar refractivity (Wildman–Crippen MR) is 155 cm³/mol. The minimum atomic E-state index is -0.639. The Labute approximate surface area is 235 Å². The van der Waals surface area contributed by atoms with Crippen LogP contribution < -0.4 is 21.3 Å². The highest BCUT2D eigenvalue weighted by Gasteiger charge is 2.32. The van der Waals surface area contributed by atoms with E-state index in [0.717, 1.165) is 39.2 Å². The lowest BCUT2D eigenvalue weighted by Crippen LogP contribution is -2.58. The number of aliphatic imine (C=N–C) groups is 1. The molecule has 0 bridgehead atoms. The molecule has 2 saturated heterocycles. The number of morpholine rings is 1. The van der Waals surface area contributed by atoms with E-state index in [9.17, 15) is 8.78 Å². The summed E-state index contributed by atoms with van der Waals surface area (Å²) in [5.74, 6) is 0.490. The van der Waals surface area contributed by atoms with E-state index < -0.39 is 12.5 Å². The third-order valence-electron chi connectivity index (χ3n) is 7.77. The topological polar surface area (TPSA) is 89.1 Å². The summed E-state index contributed by atoms with van der Waals surface area (Å²) in [4.78, 5) is 13.2. The number of ether oxygens (including phenoxy) is 1. The number of rotatable bonds is 8. The van der Waals surface area contributed by atoms with Crippen molar-refractivity contribution in [1.82, 2.24) is 30.7 Å². The zero-order chi connectivity index (χ0) is 28.2. The number of anilines is 1. The smallest absolute Gasteiger partial charge is 0.201 e. The highest BCUT2D eigenvalue weighted by Crippen LogP contribution is 2.30. The lowest BCUT2D eigenvalue weighted by molar-refractivity contribution is -0.0452. The Balaban J connectivity index is 1.28. The number of hydrogen-bond acceptors (Lipinski definition) is 9. The fourth-order valence-electron chi connectivity index (χ4n) is 5.88. The minimum absolute atomic E-state index is 0.0691. The standard InChI is InChI=1S/C29H40F2N8O/c1-5-21(10-26-25(12-30)36-19(4)39(26)18(2)3)22-11-28(33-15-23(22)31)37-29-34-13-20(14-35-29)16-38-8-6-24-27(17-38)40-9-7-32-24/h5,10-11,13,15,18-19,24,27,32,36H,1,6-9,12,14,16-17H2,2-4H3,(H2,33,34,35,37)/b21-10+. The van der Waals surface area contributed by atoms with E-state index in [-0.39, 0.29) is 18.3 Å². The first-order valence-electron chi connectivity index (χ1n) is 14.0. The van der Waals surface area contributed by atoms with Crippen molar-refractivity contribution in [3.63, 3.8) is 0 Å². The average molecular weight is 555 g/mol. The van der Waals surface area contributed by atoms with E-state index in [1.807, 2.05) is 27.0 Å². The molecule has 0 aliphatic carbocycles. The SMILES string of the molecule is C=C/C(=C\C1=C(CF)NC(C)N1C(C)C)c1cc(NC2=NC=C(CN3CCC4NCCOC4C3)CN2)ncc1F. The molecule has 4 N–H and O–H groups in total. The van der Waals surface area contributed by atoms with Gasteiger partial charge in [-0.3, -0.25) is 4.90 Å². The summed E-state index contributed by atoms with van der Waals surface area (Å²) in [7, 11) is 0. The normalized spacial score (nSPS) is 25.7. The summed E-state index contributed by atoms with van der Waals surface area (Å²) in [6.07, 6.45) is 7.67. The molecule has 1 aromatic rings. The molecule has 3 atom stereocenters. The van der Waals surface area contributed by atoms with Gasteiger partial charge in [0.2, 0.25) is 5.96 Å². The van der Waals surface area contributed by atoms with Gasteiger partial charge >= 0.3 is 0 Å². The number of nitrogens with one attached hydrogen (secondary N) is 4. The maximum Gasteiger partial charge on any atom is 0.201 e. The van der Waals surface area contributed by atoms with Crippen LogP contribution in [0.15, 0.2) is 59.2 Å². The summed E-state index contributed by atoms with van der Waals surface area (Å²) in [6, 6.07) is 2.20. The van der Waals surface area contributed by atoms with Gasteiger partial charge in [0.05, 0.1) is 36.5 Å². The minimum Gasteiger partial charge on any atom is -0.374 e. The van der Waals surface area contributed by atoms with Gasteiger partial charge in [0.25, 0.3) is 0 Å². The summed E-state index contributed by atoms with van der Waals surface area (Å²) >= 11 is 0. The Bertz CT molecular complexity index is 1230. The van der Waals surface area contributed by atoms with Crippen LogP contribution in [0.4, 0.5) is 14.6 Å². The zero-order valence-corrected chi connectivity index (χ0v) is 23.5. The van der Waals surface area contributed by atoms with Crippen molar-refractivity contribution in [2.45, 2.75) is 51.5 Å². The van der Waals surface area contributed by atoms with Crippen molar-refractivity contribution < 1.29 is 13.5 Å². The van der Waals surface area contributed by atoms with Crippen LogP contribution in [-0.2, 0) is 4.74 Å². The molecule has 4 aliphatic rings. The fourth-order valence-corrected chi connectivity index (χ4v) is 5.88. The Morgan fingerprint density at radius 1 is 1.38 bits per heavy atom. The average Bonchev–Trinajstić information content (AvgIpc) is 3.28. The number of piperidine rings is 1. The van der Waals surface area contributed by atoms with Crippen LogP contribution in [-0.4, -0.2) is 91.1 Å². The van der Waals surface area contributed by atoms with Crippen molar-refractivity contribution >= 4 is 17.4 Å². The number of halogens is 2. The third kappa shape index (κ3) is 6.21. The highest BCUT2D eigenvalue weighted by molar-refractivity contribution is 5.94. The summed E-state index contributed by atoms with van der Waals surface area (Å²) in [5.41, 5.74) is 3.20. The maximum absolute atomic E-state index is 15.0. The predicted octanol–water partition coefficient (Wildman–Crippen LogP) is 2.95. The molecule has 5 heterocycles. The zero-order valence-electron chi connectivity index (χ0n) is 23.5. The second-order valence-electron chi connectivity index (χ2n) is 10.9. The molecule has 0 saturated carbocycles. The number of hydrogen-bond donors (Lipinski definition) is 4. The van der Waals surface area contributed by atoms with Crippen LogP contribution in [0, 0.1) is 5.82 Å². The molecule has 0 aromatic carbocycles. The molecule has 11 heteroatoms. The van der Waals surface area contributed by atoms with E-state index in [4.69, 9.17) is 4.74 Å². The Kier molecular flexibility index (Phi) is 8.82. The molecule has 1 aromatic heterocycles. The molecule has 0 radical (unpaired) electrons. The number of alkyl halides is 1. The molecule has 9 nitrogen and oxygen atoms in total. The molecule has 216 valence electrons. The van der Waals surface area contributed by atoms with E-state index in [1.54, 1.807) is 18.2 Å². The van der Waals surface area contributed by atoms with Crippen LogP contribution in [0.5, 0.6) is 0 Å². The van der Waals surface area contributed by atoms with E-state index >= 15 is 0 Å². The summed E-state index contributed by atoms with van der Waals surface area (Å²) in [5, 5.41) is 13.2. The van der Waals surface area contributed by atoms with Crippen LogP contribution in [0.1, 0.15) is 32.8 Å². The number of allylic oxidation sites excluding steroid dienone is 4. The maximum atomic E-state index is 15.0. The molecule has 3 unspecified atom stereocenters. The van der Waals surface area contributed by atoms with Gasteiger partial charge in [-0.2, -0.15) is 0 Å². The molecule has 0 amide bonds. The second kappa shape index (κ2) is 12.5. The summed E-state index contributed by atoms with van der Waals surface area (Å²) < 4.78 is 34.7. The van der Waals surface area contributed by atoms with Crippen LogP contribution in [0.2, 0.25) is 0 Å².